The molecule has 1 N–H and O–H groups in total. The molecule has 4 nitrogen and oxygen atoms in total. The molecule has 0 saturated carbocycles. The lowest BCUT2D eigenvalue weighted by atomic mass is 9.82. The highest BCUT2D eigenvalue weighted by Gasteiger charge is 2.34. The number of piperidine rings is 1. The number of nitrogens with zero attached hydrogens (tertiary/aromatic N) is 3. The SMILES string of the molecule is C=Cn1ncc(CN2CCC(O)(c3ccccc3C)CC2)c1C. The molecule has 1 fully saturated rings. The molecule has 0 unspecified atom stereocenters. The molecule has 1 aliphatic rings. The van der Waals surface area contributed by atoms with Crippen LogP contribution in [-0.4, -0.2) is 32.9 Å². The molecule has 1 aromatic carbocycles. The maximum Gasteiger partial charge on any atom is 0.0923 e. The van der Waals surface area contributed by atoms with Crippen molar-refractivity contribution in [2.75, 3.05) is 13.1 Å². The number of hydrogen-bond acceptors (Lipinski definition) is 3. The summed E-state index contributed by atoms with van der Waals surface area (Å²) < 4.78 is 1.81. The molecule has 23 heavy (non-hydrogen) atoms. The fourth-order valence-electron chi connectivity index (χ4n) is 3.48. The average Bonchev–Trinajstić information content (AvgIpc) is 2.90. The third kappa shape index (κ3) is 3.09. The number of aliphatic hydroxyl groups is 1. The Balaban J connectivity index is 1.67. The van der Waals surface area contributed by atoms with Crippen molar-refractivity contribution in [1.82, 2.24) is 14.7 Å². The summed E-state index contributed by atoms with van der Waals surface area (Å²) in [6.45, 7) is 10.6. The molecule has 0 aliphatic carbocycles. The van der Waals surface area contributed by atoms with E-state index in [1.807, 2.05) is 23.0 Å². The molecule has 2 heterocycles. The van der Waals surface area contributed by atoms with Crippen LogP contribution in [0.3, 0.4) is 0 Å². The van der Waals surface area contributed by atoms with Crippen LogP contribution in [0.1, 0.15) is 35.2 Å². The largest absolute Gasteiger partial charge is 0.385 e. The van der Waals surface area contributed by atoms with Gasteiger partial charge in [0.05, 0.1) is 11.8 Å². The molecule has 2 aromatic rings. The van der Waals surface area contributed by atoms with Crippen LogP contribution in [0.15, 0.2) is 37.0 Å². The van der Waals surface area contributed by atoms with Gasteiger partial charge in [-0.25, -0.2) is 4.68 Å². The van der Waals surface area contributed by atoms with Gasteiger partial charge in [-0.2, -0.15) is 5.10 Å². The Kier molecular flexibility index (Phi) is 4.37. The number of aromatic nitrogens is 2. The van der Waals surface area contributed by atoms with Crippen molar-refractivity contribution >= 4 is 6.20 Å². The predicted molar refractivity (Wildman–Crippen MR) is 92.9 cm³/mol. The lowest BCUT2D eigenvalue weighted by Gasteiger charge is -2.39. The van der Waals surface area contributed by atoms with E-state index in [1.165, 1.54) is 11.1 Å². The Hall–Kier alpha value is -1.91. The molecule has 4 heteroatoms. The quantitative estimate of drug-likeness (QED) is 0.943. The van der Waals surface area contributed by atoms with E-state index in [9.17, 15) is 5.11 Å². The normalized spacial score (nSPS) is 18.0. The standard InChI is InChI=1S/C19H25N3O/c1-4-22-16(3)17(13-20-22)14-21-11-9-19(23,10-12-21)18-8-6-5-7-15(18)2/h4-8,13,23H,1,9-12,14H2,2-3H3. The molecule has 1 saturated heterocycles. The van der Waals surface area contributed by atoms with Crippen molar-refractivity contribution in [2.24, 2.45) is 0 Å². The van der Waals surface area contributed by atoms with E-state index in [4.69, 9.17) is 0 Å². The first kappa shape index (κ1) is 16.0. The van der Waals surface area contributed by atoms with Gasteiger partial charge in [-0.1, -0.05) is 30.8 Å². The van der Waals surface area contributed by atoms with Crippen LogP contribution in [0, 0.1) is 13.8 Å². The average molecular weight is 311 g/mol. The van der Waals surface area contributed by atoms with Crippen molar-refractivity contribution in [1.29, 1.82) is 0 Å². The summed E-state index contributed by atoms with van der Waals surface area (Å²) in [7, 11) is 0. The van der Waals surface area contributed by atoms with Crippen LogP contribution >= 0.6 is 0 Å². The van der Waals surface area contributed by atoms with Crippen LogP contribution in [0.4, 0.5) is 0 Å². The predicted octanol–water partition coefficient (Wildman–Crippen LogP) is 3.08. The Bertz CT molecular complexity index is 696. The monoisotopic (exact) mass is 311 g/mol. The van der Waals surface area contributed by atoms with Crippen molar-refractivity contribution in [3.05, 3.63) is 59.4 Å². The lowest BCUT2D eigenvalue weighted by Crippen LogP contribution is -2.42. The van der Waals surface area contributed by atoms with E-state index in [0.29, 0.717) is 0 Å². The number of likely N-dealkylation sites (tertiary alicyclic amines) is 1. The van der Waals surface area contributed by atoms with Crippen molar-refractivity contribution in [3.63, 3.8) is 0 Å². The topological polar surface area (TPSA) is 41.3 Å². The fourth-order valence-corrected chi connectivity index (χ4v) is 3.48. The van der Waals surface area contributed by atoms with Gasteiger partial charge >= 0.3 is 0 Å². The summed E-state index contributed by atoms with van der Waals surface area (Å²) in [5, 5.41) is 15.4. The van der Waals surface area contributed by atoms with Gasteiger partial charge in [0, 0.05) is 37.1 Å². The van der Waals surface area contributed by atoms with Crippen LogP contribution in [-0.2, 0) is 12.1 Å². The van der Waals surface area contributed by atoms with Crippen molar-refractivity contribution in [3.8, 4) is 0 Å². The van der Waals surface area contributed by atoms with Crippen LogP contribution in [0.25, 0.3) is 6.20 Å². The number of rotatable bonds is 4. The van der Waals surface area contributed by atoms with E-state index in [0.717, 1.165) is 43.7 Å². The minimum Gasteiger partial charge on any atom is -0.385 e. The lowest BCUT2D eigenvalue weighted by molar-refractivity contribution is -0.0282. The Morgan fingerprint density at radius 1 is 1.26 bits per heavy atom. The summed E-state index contributed by atoms with van der Waals surface area (Å²) >= 11 is 0. The minimum absolute atomic E-state index is 0.692. The number of hydrogen-bond donors (Lipinski definition) is 1. The molecule has 0 radical (unpaired) electrons. The van der Waals surface area contributed by atoms with Gasteiger partial charge in [0.2, 0.25) is 0 Å². The van der Waals surface area contributed by atoms with Gasteiger partial charge in [0.1, 0.15) is 0 Å². The third-order valence-corrected chi connectivity index (χ3v) is 5.04. The molecular formula is C19H25N3O. The summed E-state index contributed by atoms with van der Waals surface area (Å²) in [6, 6.07) is 8.17. The summed E-state index contributed by atoms with van der Waals surface area (Å²) in [5.41, 5.74) is 3.93. The van der Waals surface area contributed by atoms with Crippen LogP contribution in [0.2, 0.25) is 0 Å². The zero-order chi connectivity index (χ0) is 16.4. The Morgan fingerprint density at radius 2 is 1.96 bits per heavy atom. The van der Waals surface area contributed by atoms with E-state index >= 15 is 0 Å². The minimum atomic E-state index is -0.692. The molecule has 1 aromatic heterocycles. The Labute approximate surface area is 138 Å². The highest BCUT2D eigenvalue weighted by Crippen LogP contribution is 2.35. The third-order valence-electron chi connectivity index (χ3n) is 5.04. The zero-order valence-corrected chi connectivity index (χ0v) is 14.0. The summed E-state index contributed by atoms with van der Waals surface area (Å²) in [5.74, 6) is 0. The Morgan fingerprint density at radius 3 is 2.57 bits per heavy atom. The summed E-state index contributed by atoms with van der Waals surface area (Å²) in [4.78, 5) is 2.39. The maximum atomic E-state index is 11.0. The number of aryl methyl sites for hydroxylation is 1. The van der Waals surface area contributed by atoms with E-state index in [1.54, 1.807) is 6.20 Å². The van der Waals surface area contributed by atoms with Crippen LogP contribution < -0.4 is 0 Å². The highest BCUT2D eigenvalue weighted by molar-refractivity contribution is 5.32. The molecule has 1 aliphatic heterocycles. The number of benzene rings is 1. The molecular weight excluding hydrogens is 286 g/mol. The highest BCUT2D eigenvalue weighted by atomic mass is 16.3. The summed E-state index contributed by atoms with van der Waals surface area (Å²) in [6.07, 6.45) is 5.18. The van der Waals surface area contributed by atoms with Gasteiger partial charge < -0.3 is 5.11 Å². The van der Waals surface area contributed by atoms with Crippen LogP contribution in [0.5, 0.6) is 0 Å². The second-order valence-corrected chi connectivity index (χ2v) is 6.51. The van der Waals surface area contributed by atoms with E-state index in [-0.39, 0.29) is 0 Å². The zero-order valence-electron chi connectivity index (χ0n) is 14.0. The van der Waals surface area contributed by atoms with Crippen molar-refractivity contribution < 1.29 is 5.11 Å². The van der Waals surface area contributed by atoms with E-state index < -0.39 is 5.60 Å². The molecule has 0 atom stereocenters. The second kappa shape index (κ2) is 6.30. The first-order valence-corrected chi connectivity index (χ1v) is 8.20. The van der Waals surface area contributed by atoms with Gasteiger partial charge in [-0.05, 0) is 37.8 Å². The molecule has 0 amide bonds. The van der Waals surface area contributed by atoms with Gasteiger partial charge in [-0.15, -0.1) is 0 Å². The molecule has 3 rings (SSSR count). The van der Waals surface area contributed by atoms with Gasteiger partial charge in [0.25, 0.3) is 0 Å². The first-order chi connectivity index (χ1) is 11.0. The smallest absolute Gasteiger partial charge is 0.0923 e. The van der Waals surface area contributed by atoms with Gasteiger partial charge in [0.15, 0.2) is 0 Å². The molecule has 0 bridgehead atoms. The molecule has 0 spiro atoms. The second-order valence-electron chi connectivity index (χ2n) is 6.51. The van der Waals surface area contributed by atoms with E-state index in [2.05, 4.69) is 42.6 Å². The first-order valence-electron chi connectivity index (χ1n) is 8.20. The molecule has 122 valence electrons. The van der Waals surface area contributed by atoms with Gasteiger partial charge in [-0.3, -0.25) is 4.90 Å². The van der Waals surface area contributed by atoms with Crippen molar-refractivity contribution in [2.45, 2.75) is 38.8 Å². The maximum absolute atomic E-state index is 11.0. The fraction of sp³-hybridized carbons (Fsp3) is 0.421.